The van der Waals surface area contributed by atoms with E-state index in [-0.39, 0.29) is 11.7 Å². The third kappa shape index (κ3) is 4.05. The van der Waals surface area contributed by atoms with Gasteiger partial charge in [-0.1, -0.05) is 6.07 Å². The number of methoxy groups -OCH3 is 2. The zero-order chi connectivity index (χ0) is 15.9. The Morgan fingerprint density at radius 1 is 1.23 bits per heavy atom. The molecule has 0 saturated heterocycles. The van der Waals surface area contributed by atoms with Gasteiger partial charge in [-0.2, -0.15) is 0 Å². The van der Waals surface area contributed by atoms with Gasteiger partial charge in [0.25, 0.3) is 0 Å². The van der Waals surface area contributed by atoms with Gasteiger partial charge in [0, 0.05) is 12.1 Å². The number of nitrogens with zero attached hydrogens (tertiary/aromatic N) is 1. The highest BCUT2D eigenvalue weighted by atomic mass is 19.1. The van der Waals surface area contributed by atoms with E-state index in [1.54, 1.807) is 18.2 Å². The van der Waals surface area contributed by atoms with Gasteiger partial charge in [0.2, 0.25) is 11.8 Å². The molecule has 0 bridgehead atoms. The van der Waals surface area contributed by atoms with Crippen molar-refractivity contribution in [2.75, 3.05) is 19.5 Å². The minimum Gasteiger partial charge on any atom is -0.494 e. The maximum Gasteiger partial charge on any atom is 0.248 e. The van der Waals surface area contributed by atoms with Crippen LogP contribution in [0.25, 0.3) is 6.08 Å². The van der Waals surface area contributed by atoms with Crippen molar-refractivity contribution in [3.8, 4) is 11.6 Å². The number of nitrogens with one attached hydrogen (secondary N) is 1. The molecule has 5 nitrogen and oxygen atoms in total. The second kappa shape index (κ2) is 7.21. The van der Waals surface area contributed by atoms with Crippen molar-refractivity contribution in [1.29, 1.82) is 0 Å². The van der Waals surface area contributed by atoms with E-state index >= 15 is 0 Å². The monoisotopic (exact) mass is 302 g/mol. The molecular formula is C16H15FN2O3. The highest BCUT2D eigenvalue weighted by Gasteiger charge is 2.03. The van der Waals surface area contributed by atoms with Crippen LogP contribution in [-0.4, -0.2) is 25.1 Å². The summed E-state index contributed by atoms with van der Waals surface area (Å²) in [7, 11) is 2.90. The van der Waals surface area contributed by atoms with Crippen LogP contribution in [0, 0.1) is 5.82 Å². The number of anilines is 1. The van der Waals surface area contributed by atoms with Crippen molar-refractivity contribution < 1.29 is 18.7 Å². The van der Waals surface area contributed by atoms with Crippen molar-refractivity contribution in [2.24, 2.45) is 0 Å². The molecule has 0 aliphatic carbocycles. The Kier molecular flexibility index (Phi) is 5.08. The molecule has 2 rings (SSSR count). The van der Waals surface area contributed by atoms with E-state index in [0.717, 1.165) is 0 Å². The second-order valence-electron chi connectivity index (χ2n) is 4.31. The first-order valence-corrected chi connectivity index (χ1v) is 6.45. The summed E-state index contributed by atoms with van der Waals surface area (Å²) < 4.78 is 23.3. The summed E-state index contributed by atoms with van der Waals surface area (Å²) >= 11 is 0. The molecule has 22 heavy (non-hydrogen) atoms. The Hall–Kier alpha value is -2.89. The number of pyridine rings is 1. The smallest absolute Gasteiger partial charge is 0.248 e. The van der Waals surface area contributed by atoms with Crippen molar-refractivity contribution in [3.63, 3.8) is 0 Å². The molecule has 0 aliphatic heterocycles. The van der Waals surface area contributed by atoms with Crippen molar-refractivity contribution in [1.82, 2.24) is 4.98 Å². The van der Waals surface area contributed by atoms with Crippen LogP contribution in [-0.2, 0) is 4.79 Å². The first-order valence-electron chi connectivity index (χ1n) is 6.45. The Labute approximate surface area is 127 Å². The molecular weight excluding hydrogens is 287 g/mol. The molecule has 0 fully saturated rings. The van der Waals surface area contributed by atoms with E-state index in [2.05, 4.69) is 10.3 Å². The normalized spacial score (nSPS) is 10.5. The number of halogens is 1. The van der Waals surface area contributed by atoms with E-state index in [1.165, 1.54) is 44.7 Å². The molecule has 6 heteroatoms. The van der Waals surface area contributed by atoms with Gasteiger partial charge in [0.05, 0.1) is 26.1 Å². The number of aromatic nitrogens is 1. The minimum atomic E-state index is -0.482. The summed E-state index contributed by atoms with van der Waals surface area (Å²) in [5.41, 5.74) is 1.10. The zero-order valence-corrected chi connectivity index (χ0v) is 12.2. The number of benzene rings is 1. The minimum absolute atomic E-state index is 0.158. The van der Waals surface area contributed by atoms with Crippen LogP contribution in [0.15, 0.2) is 42.6 Å². The number of carbonyl (C=O) groups excluding carboxylic acids is 1. The van der Waals surface area contributed by atoms with Gasteiger partial charge in [-0.15, -0.1) is 0 Å². The highest BCUT2D eigenvalue weighted by molar-refractivity contribution is 6.01. The molecule has 0 unspecified atom stereocenters. The lowest BCUT2D eigenvalue weighted by Gasteiger charge is -2.03. The molecule has 0 spiro atoms. The lowest BCUT2D eigenvalue weighted by Crippen LogP contribution is -2.07. The molecule has 1 aromatic carbocycles. The zero-order valence-electron chi connectivity index (χ0n) is 12.2. The van der Waals surface area contributed by atoms with Gasteiger partial charge < -0.3 is 14.8 Å². The maximum atomic E-state index is 13.5. The number of hydrogen-bond acceptors (Lipinski definition) is 4. The largest absolute Gasteiger partial charge is 0.494 e. The lowest BCUT2D eigenvalue weighted by atomic mass is 10.2. The summed E-state index contributed by atoms with van der Waals surface area (Å²) in [6.07, 6.45) is 4.30. The van der Waals surface area contributed by atoms with Crippen LogP contribution in [0.2, 0.25) is 0 Å². The van der Waals surface area contributed by atoms with Crippen molar-refractivity contribution >= 4 is 17.7 Å². The molecule has 0 aliphatic rings. The topological polar surface area (TPSA) is 60.5 Å². The van der Waals surface area contributed by atoms with Gasteiger partial charge in [0.1, 0.15) is 0 Å². The quantitative estimate of drug-likeness (QED) is 0.863. The fourth-order valence-corrected chi connectivity index (χ4v) is 1.72. The van der Waals surface area contributed by atoms with Crippen LogP contribution < -0.4 is 14.8 Å². The van der Waals surface area contributed by atoms with Crippen LogP contribution in [0.4, 0.5) is 10.1 Å². The van der Waals surface area contributed by atoms with E-state index < -0.39 is 5.82 Å². The number of amides is 1. The van der Waals surface area contributed by atoms with Gasteiger partial charge >= 0.3 is 0 Å². The molecule has 1 amide bonds. The Morgan fingerprint density at radius 3 is 2.64 bits per heavy atom. The van der Waals surface area contributed by atoms with E-state index in [0.29, 0.717) is 17.1 Å². The molecule has 1 N–H and O–H groups in total. The average molecular weight is 302 g/mol. The number of hydrogen-bond donors (Lipinski definition) is 1. The van der Waals surface area contributed by atoms with Crippen molar-refractivity contribution in [2.45, 2.75) is 0 Å². The number of carbonyl (C=O) groups is 1. The average Bonchev–Trinajstić information content (AvgIpc) is 2.54. The van der Waals surface area contributed by atoms with Crippen LogP contribution in [0.5, 0.6) is 11.6 Å². The van der Waals surface area contributed by atoms with Gasteiger partial charge in [-0.05, 0) is 29.8 Å². The fraction of sp³-hybridized carbons (Fsp3) is 0.125. The molecule has 2 aromatic rings. The highest BCUT2D eigenvalue weighted by Crippen LogP contribution is 2.18. The summed E-state index contributed by atoms with van der Waals surface area (Å²) in [5.74, 6) is -0.208. The summed E-state index contributed by atoms with van der Waals surface area (Å²) in [5, 5.41) is 2.64. The lowest BCUT2D eigenvalue weighted by molar-refractivity contribution is -0.111. The Bertz CT molecular complexity index is 684. The van der Waals surface area contributed by atoms with E-state index in [1.807, 2.05) is 0 Å². The second-order valence-corrected chi connectivity index (χ2v) is 4.31. The summed E-state index contributed by atoms with van der Waals surface area (Å²) in [6, 6.07) is 7.75. The van der Waals surface area contributed by atoms with Gasteiger partial charge in [0.15, 0.2) is 11.6 Å². The fourth-order valence-electron chi connectivity index (χ4n) is 1.72. The van der Waals surface area contributed by atoms with E-state index in [4.69, 9.17) is 9.47 Å². The molecule has 1 aromatic heterocycles. The third-order valence-corrected chi connectivity index (χ3v) is 2.82. The van der Waals surface area contributed by atoms with E-state index in [9.17, 15) is 9.18 Å². The first kappa shape index (κ1) is 15.5. The Morgan fingerprint density at radius 2 is 2.05 bits per heavy atom. The van der Waals surface area contributed by atoms with Gasteiger partial charge in [-0.25, -0.2) is 9.37 Å². The predicted molar refractivity (Wildman–Crippen MR) is 81.4 cm³/mol. The van der Waals surface area contributed by atoms with Gasteiger partial charge in [-0.3, -0.25) is 4.79 Å². The first-order chi connectivity index (χ1) is 10.6. The predicted octanol–water partition coefficient (Wildman–Crippen LogP) is 2.89. The van der Waals surface area contributed by atoms with Crippen LogP contribution >= 0.6 is 0 Å². The van der Waals surface area contributed by atoms with Crippen LogP contribution in [0.3, 0.4) is 0 Å². The Balaban J connectivity index is 1.99. The summed E-state index contributed by atoms with van der Waals surface area (Å²) in [4.78, 5) is 15.7. The SMILES string of the molecule is COc1ccc(NC(=O)/C=C/c2ccc(OC)c(F)c2)cn1. The molecule has 0 saturated carbocycles. The summed E-state index contributed by atoms with van der Waals surface area (Å²) in [6.45, 7) is 0. The third-order valence-electron chi connectivity index (χ3n) is 2.82. The van der Waals surface area contributed by atoms with Crippen LogP contribution in [0.1, 0.15) is 5.56 Å². The maximum absolute atomic E-state index is 13.5. The number of ether oxygens (including phenoxy) is 2. The van der Waals surface area contributed by atoms with Crippen molar-refractivity contribution in [3.05, 3.63) is 54.0 Å². The molecule has 1 heterocycles. The standard InChI is InChI=1S/C16H15FN2O3/c1-21-14-6-3-11(9-13(14)17)4-7-15(20)19-12-5-8-16(22-2)18-10-12/h3-10H,1-2H3,(H,19,20)/b7-4+. The molecule has 0 atom stereocenters. The number of rotatable bonds is 5. The molecule has 0 radical (unpaired) electrons. The molecule has 114 valence electrons.